The van der Waals surface area contributed by atoms with Gasteiger partial charge in [-0.2, -0.15) is 0 Å². The Hall–Kier alpha value is -0.540. The molecule has 16 heavy (non-hydrogen) atoms. The van der Waals surface area contributed by atoms with Gasteiger partial charge in [-0.1, -0.05) is 22.9 Å². The molecule has 0 spiro atoms. The molecule has 0 aliphatic rings. The molecule has 0 aromatic heterocycles. The Morgan fingerprint density at radius 1 is 1.38 bits per heavy atom. The second-order valence-electron chi connectivity index (χ2n) is 3.88. The first-order valence-electron chi connectivity index (χ1n) is 5.82. The fourth-order valence-electron chi connectivity index (χ4n) is 1.41. The first-order valence-corrected chi connectivity index (χ1v) is 6.61. The number of rotatable bonds is 6. The molecule has 1 unspecified atom stereocenters. The maximum absolute atomic E-state index is 5.60. The average molecular weight is 286 g/mol. The summed E-state index contributed by atoms with van der Waals surface area (Å²) in [5, 5.41) is 3.47. The summed E-state index contributed by atoms with van der Waals surface area (Å²) in [7, 11) is 0. The molecule has 1 N–H and O–H groups in total. The van der Waals surface area contributed by atoms with E-state index in [0.29, 0.717) is 12.6 Å². The van der Waals surface area contributed by atoms with Crippen LogP contribution in [0.25, 0.3) is 0 Å². The van der Waals surface area contributed by atoms with E-state index in [2.05, 4.69) is 41.2 Å². The maximum atomic E-state index is 5.60. The molecule has 3 heteroatoms. The molecule has 0 amide bonds. The third-order valence-electron chi connectivity index (χ3n) is 2.58. The van der Waals surface area contributed by atoms with Crippen LogP contribution in [0.2, 0.25) is 0 Å². The van der Waals surface area contributed by atoms with Crippen molar-refractivity contribution in [3.05, 3.63) is 28.2 Å². The summed E-state index contributed by atoms with van der Waals surface area (Å²) < 4.78 is 6.69. The molecule has 0 bridgehead atoms. The molecule has 0 aliphatic heterocycles. The fourth-order valence-corrected chi connectivity index (χ4v) is 1.82. The molecule has 0 aliphatic carbocycles. The standard InChI is InChI=1S/C13H20BrNO/c1-4-10(3)15-9-11-8-12(14)6-7-13(11)16-5-2/h6-8,10,15H,4-5,9H2,1-3H3. The molecule has 0 radical (unpaired) electrons. The number of nitrogens with one attached hydrogen (secondary N) is 1. The van der Waals surface area contributed by atoms with Crippen LogP contribution in [0.1, 0.15) is 32.8 Å². The summed E-state index contributed by atoms with van der Waals surface area (Å²) in [4.78, 5) is 0. The minimum absolute atomic E-state index is 0.536. The Kier molecular flexibility index (Phi) is 5.85. The van der Waals surface area contributed by atoms with Gasteiger partial charge in [0.25, 0.3) is 0 Å². The molecule has 90 valence electrons. The monoisotopic (exact) mass is 285 g/mol. The lowest BCUT2D eigenvalue weighted by atomic mass is 10.2. The van der Waals surface area contributed by atoms with E-state index >= 15 is 0 Å². The van der Waals surface area contributed by atoms with Crippen LogP contribution in [-0.4, -0.2) is 12.6 Å². The van der Waals surface area contributed by atoms with Crippen LogP contribution >= 0.6 is 15.9 Å². The maximum Gasteiger partial charge on any atom is 0.123 e. The largest absolute Gasteiger partial charge is 0.494 e. The van der Waals surface area contributed by atoms with Crippen LogP contribution < -0.4 is 10.1 Å². The van der Waals surface area contributed by atoms with Gasteiger partial charge in [0.15, 0.2) is 0 Å². The highest BCUT2D eigenvalue weighted by molar-refractivity contribution is 9.10. The highest BCUT2D eigenvalue weighted by Crippen LogP contribution is 2.23. The molecule has 0 saturated heterocycles. The normalized spacial score (nSPS) is 12.5. The second-order valence-corrected chi connectivity index (χ2v) is 4.79. The third-order valence-corrected chi connectivity index (χ3v) is 3.07. The highest BCUT2D eigenvalue weighted by Gasteiger charge is 2.05. The van der Waals surface area contributed by atoms with E-state index in [1.165, 1.54) is 5.56 Å². The lowest BCUT2D eigenvalue weighted by Gasteiger charge is -2.14. The van der Waals surface area contributed by atoms with Gasteiger partial charge in [0.1, 0.15) is 5.75 Å². The van der Waals surface area contributed by atoms with Gasteiger partial charge in [-0.15, -0.1) is 0 Å². The molecule has 0 fully saturated rings. The van der Waals surface area contributed by atoms with E-state index in [4.69, 9.17) is 4.74 Å². The van der Waals surface area contributed by atoms with Gasteiger partial charge >= 0.3 is 0 Å². The Morgan fingerprint density at radius 3 is 2.75 bits per heavy atom. The first-order chi connectivity index (χ1) is 7.67. The SMILES string of the molecule is CCOc1ccc(Br)cc1CNC(C)CC. The zero-order chi connectivity index (χ0) is 12.0. The topological polar surface area (TPSA) is 21.3 Å². The van der Waals surface area contributed by atoms with Crippen molar-refractivity contribution < 1.29 is 4.74 Å². The predicted octanol–water partition coefficient (Wildman–Crippen LogP) is 3.74. The van der Waals surface area contributed by atoms with Crippen molar-refractivity contribution >= 4 is 15.9 Å². The third kappa shape index (κ3) is 4.14. The zero-order valence-corrected chi connectivity index (χ0v) is 11.8. The van der Waals surface area contributed by atoms with E-state index in [1.807, 2.05) is 19.1 Å². The Morgan fingerprint density at radius 2 is 2.12 bits per heavy atom. The van der Waals surface area contributed by atoms with Crippen molar-refractivity contribution in [3.63, 3.8) is 0 Å². The molecule has 1 atom stereocenters. The number of hydrogen-bond donors (Lipinski definition) is 1. The number of ether oxygens (including phenoxy) is 1. The number of hydrogen-bond acceptors (Lipinski definition) is 2. The minimum Gasteiger partial charge on any atom is -0.494 e. The molecule has 0 heterocycles. The molecular weight excluding hydrogens is 266 g/mol. The smallest absolute Gasteiger partial charge is 0.123 e. The second kappa shape index (κ2) is 6.92. The summed E-state index contributed by atoms with van der Waals surface area (Å²) in [5.41, 5.74) is 1.21. The van der Waals surface area contributed by atoms with Crippen LogP contribution in [0.15, 0.2) is 22.7 Å². The van der Waals surface area contributed by atoms with E-state index in [-0.39, 0.29) is 0 Å². The van der Waals surface area contributed by atoms with Crippen molar-refractivity contribution in [1.82, 2.24) is 5.32 Å². The van der Waals surface area contributed by atoms with Crippen LogP contribution in [-0.2, 0) is 6.54 Å². The fraction of sp³-hybridized carbons (Fsp3) is 0.538. The molecule has 1 aromatic carbocycles. The van der Waals surface area contributed by atoms with Crippen LogP contribution in [0.5, 0.6) is 5.75 Å². The lowest BCUT2D eigenvalue weighted by molar-refractivity contribution is 0.334. The summed E-state index contributed by atoms with van der Waals surface area (Å²) in [5.74, 6) is 0.974. The number of benzene rings is 1. The Balaban J connectivity index is 2.71. The first kappa shape index (κ1) is 13.5. The molecular formula is C13H20BrNO. The molecule has 2 nitrogen and oxygen atoms in total. The van der Waals surface area contributed by atoms with Gasteiger partial charge in [-0.25, -0.2) is 0 Å². The quantitative estimate of drug-likeness (QED) is 0.860. The van der Waals surface area contributed by atoms with E-state index in [9.17, 15) is 0 Å². The van der Waals surface area contributed by atoms with Crippen molar-refractivity contribution in [1.29, 1.82) is 0 Å². The molecule has 1 aromatic rings. The minimum atomic E-state index is 0.536. The van der Waals surface area contributed by atoms with Crippen molar-refractivity contribution in [2.24, 2.45) is 0 Å². The van der Waals surface area contributed by atoms with Crippen molar-refractivity contribution in [2.45, 2.75) is 39.8 Å². The van der Waals surface area contributed by atoms with Gasteiger partial charge < -0.3 is 10.1 Å². The number of halogens is 1. The molecule has 0 saturated carbocycles. The van der Waals surface area contributed by atoms with Gasteiger partial charge in [-0.3, -0.25) is 0 Å². The summed E-state index contributed by atoms with van der Waals surface area (Å²) in [6, 6.07) is 6.67. The summed E-state index contributed by atoms with van der Waals surface area (Å²) in [6.45, 7) is 7.94. The molecule has 1 rings (SSSR count). The van der Waals surface area contributed by atoms with Crippen LogP contribution in [0.3, 0.4) is 0 Å². The zero-order valence-electron chi connectivity index (χ0n) is 10.2. The summed E-state index contributed by atoms with van der Waals surface area (Å²) >= 11 is 3.49. The summed E-state index contributed by atoms with van der Waals surface area (Å²) in [6.07, 6.45) is 1.14. The van der Waals surface area contributed by atoms with E-state index < -0.39 is 0 Å². The van der Waals surface area contributed by atoms with E-state index in [1.54, 1.807) is 0 Å². The highest BCUT2D eigenvalue weighted by atomic mass is 79.9. The Labute approximate surface area is 107 Å². The van der Waals surface area contributed by atoms with Crippen molar-refractivity contribution in [2.75, 3.05) is 6.61 Å². The van der Waals surface area contributed by atoms with Crippen molar-refractivity contribution in [3.8, 4) is 5.75 Å². The van der Waals surface area contributed by atoms with Crippen LogP contribution in [0, 0.1) is 0 Å². The Bertz CT molecular complexity index is 328. The van der Waals surface area contributed by atoms with Gasteiger partial charge in [-0.05, 0) is 38.5 Å². The lowest BCUT2D eigenvalue weighted by Crippen LogP contribution is -2.24. The van der Waals surface area contributed by atoms with E-state index in [0.717, 1.165) is 23.2 Å². The van der Waals surface area contributed by atoms with Crippen LogP contribution in [0.4, 0.5) is 0 Å². The van der Waals surface area contributed by atoms with Gasteiger partial charge in [0.05, 0.1) is 6.61 Å². The average Bonchev–Trinajstić information content (AvgIpc) is 2.29. The predicted molar refractivity (Wildman–Crippen MR) is 71.9 cm³/mol. The van der Waals surface area contributed by atoms with Gasteiger partial charge in [0.2, 0.25) is 0 Å². The van der Waals surface area contributed by atoms with Gasteiger partial charge in [0, 0.05) is 22.6 Å².